The Balaban J connectivity index is 1.69. The van der Waals surface area contributed by atoms with E-state index in [1.807, 2.05) is 42.5 Å². The lowest BCUT2D eigenvalue weighted by atomic mass is 10.2. The predicted molar refractivity (Wildman–Crippen MR) is 88.8 cm³/mol. The molecule has 0 radical (unpaired) electrons. The van der Waals surface area contributed by atoms with Crippen molar-refractivity contribution in [3.05, 3.63) is 64.1 Å². The molecule has 0 saturated heterocycles. The monoisotopic (exact) mass is 326 g/mol. The average molecular weight is 327 g/mol. The van der Waals surface area contributed by atoms with Gasteiger partial charge in [0.25, 0.3) is 0 Å². The second kappa shape index (κ2) is 6.56. The molecule has 0 aliphatic rings. The first kappa shape index (κ1) is 14.5. The molecule has 0 amide bonds. The largest absolute Gasteiger partial charge is 0.378 e. The van der Waals surface area contributed by atoms with Crippen LogP contribution in [0, 0.1) is 11.3 Å². The summed E-state index contributed by atoms with van der Waals surface area (Å²) in [5.41, 5.74) is 2.38. The third kappa shape index (κ3) is 3.25. The van der Waals surface area contributed by atoms with Gasteiger partial charge in [-0.25, -0.2) is 0 Å². The van der Waals surface area contributed by atoms with Crippen LogP contribution in [0.2, 0.25) is 5.02 Å². The van der Waals surface area contributed by atoms with Gasteiger partial charge in [0.15, 0.2) is 0 Å². The molecule has 3 rings (SSSR count). The molecule has 4 nitrogen and oxygen atoms in total. The smallest absolute Gasteiger partial charge is 0.147 e. The van der Waals surface area contributed by atoms with Gasteiger partial charge < -0.3 is 5.32 Å². The third-order valence-electron chi connectivity index (χ3n) is 3.02. The molecule has 0 aliphatic heterocycles. The Labute approximate surface area is 137 Å². The lowest BCUT2D eigenvalue weighted by molar-refractivity contribution is 0.992. The van der Waals surface area contributed by atoms with Crippen LogP contribution in [-0.2, 0) is 6.54 Å². The minimum Gasteiger partial charge on any atom is -0.378 e. The number of hydrogen-bond donors (Lipinski definition) is 1. The van der Waals surface area contributed by atoms with Crippen LogP contribution in [0.3, 0.4) is 0 Å². The van der Waals surface area contributed by atoms with Gasteiger partial charge >= 0.3 is 0 Å². The lowest BCUT2D eigenvalue weighted by Gasteiger charge is -2.04. The molecule has 108 valence electrons. The van der Waals surface area contributed by atoms with Gasteiger partial charge in [-0.3, -0.25) is 0 Å². The Morgan fingerprint density at radius 3 is 2.68 bits per heavy atom. The number of benzene rings is 2. The van der Waals surface area contributed by atoms with Crippen molar-refractivity contribution in [2.24, 2.45) is 0 Å². The first-order valence-corrected chi connectivity index (χ1v) is 7.77. The second-order valence-electron chi connectivity index (χ2n) is 4.53. The van der Waals surface area contributed by atoms with E-state index in [0.29, 0.717) is 17.1 Å². The zero-order valence-electron chi connectivity index (χ0n) is 11.5. The molecule has 1 aromatic heterocycles. The summed E-state index contributed by atoms with van der Waals surface area (Å²) in [4.78, 5) is 0. The van der Waals surface area contributed by atoms with E-state index in [-0.39, 0.29) is 0 Å². The molecule has 0 spiro atoms. The van der Waals surface area contributed by atoms with Crippen molar-refractivity contribution in [1.29, 1.82) is 5.26 Å². The van der Waals surface area contributed by atoms with E-state index in [2.05, 4.69) is 15.5 Å². The fourth-order valence-corrected chi connectivity index (χ4v) is 2.92. The Bertz CT molecular complexity index is 824. The molecule has 0 fully saturated rings. The third-order valence-corrected chi connectivity index (χ3v) is 4.31. The number of hydrogen-bond acceptors (Lipinski definition) is 5. The van der Waals surface area contributed by atoms with Gasteiger partial charge in [0, 0.05) is 11.3 Å². The normalized spacial score (nSPS) is 10.2. The molecule has 22 heavy (non-hydrogen) atoms. The van der Waals surface area contributed by atoms with E-state index in [9.17, 15) is 0 Å². The molecule has 0 atom stereocenters. The summed E-state index contributed by atoms with van der Waals surface area (Å²) in [6.45, 7) is 0.562. The number of rotatable bonds is 4. The van der Waals surface area contributed by atoms with Crippen molar-refractivity contribution in [1.82, 2.24) is 10.2 Å². The molecule has 0 unspecified atom stereocenters. The van der Waals surface area contributed by atoms with Crippen LogP contribution in [0.25, 0.3) is 10.6 Å². The molecule has 1 N–H and O–H groups in total. The molecular formula is C16H11ClN4S. The summed E-state index contributed by atoms with van der Waals surface area (Å²) >= 11 is 7.55. The Hall–Kier alpha value is -2.42. The summed E-state index contributed by atoms with van der Waals surface area (Å²) in [5.74, 6) is 0. The highest BCUT2D eigenvalue weighted by molar-refractivity contribution is 7.14. The second-order valence-corrected chi connectivity index (χ2v) is 6.00. The maximum absolute atomic E-state index is 8.86. The van der Waals surface area contributed by atoms with Gasteiger partial charge in [0.2, 0.25) is 0 Å². The Kier molecular flexibility index (Phi) is 4.33. The molecule has 0 saturated carbocycles. The summed E-state index contributed by atoms with van der Waals surface area (Å²) in [6.07, 6.45) is 0. The number of anilines is 1. The zero-order valence-corrected chi connectivity index (χ0v) is 13.0. The van der Waals surface area contributed by atoms with Crippen molar-refractivity contribution in [2.75, 3.05) is 5.32 Å². The molecule has 2 aromatic carbocycles. The molecule has 1 heterocycles. The van der Waals surface area contributed by atoms with Crippen molar-refractivity contribution < 1.29 is 0 Å². The minimum atomic E-state index is 0.440. The Morgan fingerprint density at radius 1 is 1.14 bits per heavy atom. The zero-order chi connectivity index (χ0) is 15.4. The summed E-state index contributed by atoms with van der Waals surface area (Å²) < 4.78 is 0. The van der Waals surface area contributed by atoms with E-state index < -0.39 is 0 Å². The van der Waals surface area contributed by atoms with Crippen LogP contribution in [0.4, 0.5) is 5.69 Å². The minimum absolute atomic E-state index is 0.440. The first-order chi connectivity index (χ1) is 10.8. The summed E-state index contributed by atoms with van der Waals surface area (Å²) in [5, 5.41) is 22.7. The maximum Gasteiger partial charge on any atom is 0.147 e. The number of halogens is 1. The van der Waals surface area contributed by atoms with Crippen LogP contribution in [0.5, 0.6) is 0 Å². The lowest BCUT2D eigenvalue weighted by Crippen LogP contribution is -1.99. The van der Waals surface area contributed by atoms with E-state index in [0.717, 1.165) is 21.3 Å². The molecule has 6 heteroatoms. The SMILES string of the molecule is N#Cc1ccc(NCc2nnc(-c3ccccc3)s2)cc1Cl. The van der Waals surface area contributed by atoms with E-state index in [1.54, 1.807) is 23.5 Å². The molecule has 0 aliphatic carbocycles. The number of nitrogens with zero attached hydrogens (tertiary/aromatic N) is 3. The van der Waals surface area contributed by atoms with E-state index >= 15 is 0 Å². The highest BCUT2D eigenvalue weighted by Gasteiger charge is 2.07. The number of aromatic nitrogens is 2. The van der Waals surface area contributed by atoms with Crippen LogP contribution in [-0.4, -0.2) is 10.2 Å². The van der Waals surface area contributed by atoms with Crippen molar-refractivity contribution >= 4 is 28.6 Å². The predicted octanol–water partition coefficient (Wildman–Crippen LogP) is 4.34. The maximum atomic E-state index is 8.86. The van der Waals surface area contributed by atoms with Gasteiger partial charge in [-0.1, -0.05) is 53.3 Å². The highest BCUT2D eigenvalue weighted by atomic mass is 35.5. The summed E-state index contributed by atoms with van der Waals surface area (Å²) in [7, 11) is 0. The summed E-state index contributed by atoms with van der Waals surface area (Å²) in [6, 6.07) is 17.2. The number of nitriles is 1. The fourth-order valence-electron chi connectivity index (χ4n) is 1.92. The molecule has 3 aromatic rings. The van der Waals surface area contributed by atoms with Crippen LogP contribution in [0.15, 0.2) is 48.5 Å². The fraction of sp³-hybridized carbons (Fsp3) is 0.0625. The van der Waals surface area contributed by atoms with E-state index in [4.69, 9.17) is 16.9 Å². The standard InChI is InChI=1S/C16H11ClN4S/c17-14-8-13(7-6-12(14)9-18)19-10-15-20-21-16(22-15)11-4-2-1-3-5-11/h1-8,19H,10H2. The first-order valence-electron chi connectivity index (χ1n) is 6.57. The van der Waals surface area contributed by atoms with Gasteiger partial charge in [-0.15, -0.1) is 10.2 Å². The average Bonchev–Trinajstić information content (AvgIpc) is 3.03. The highest BCUT2D eigenvalue weighted by Crippen LogP contribution is 2.24. The van der Waals surface area contributed by atoms with Crippen LogP contribution in [0.1, 0.15) is 10.6 Å². The Morgan fingerprint density at radius 2 is 1.95 bits per heavy atom. The van der Waals surface area contributed by atoms with Crippen LogP contribution < -0.4 is 5.32 Å². The topological polar surface area (TPSA) is 61.6 Å². The van der Waals surface area contributed by atoms with Crippen LogP contribution >= 0.6 is 22.9 Å². The quantitative estimate of drug-likeness (QED) is 0.774. The van der Waals surface area contributed by atoms with E-state index in [1.165, 1.54) is 0 Å². The van der Waals surface area contributed by atoms with Crippen molar-refractivity contribution in [3.8, 4) is 16.6 Å². The number of nitrogens with one attached hydrogen (secondary N) is 1. The van der Waals surface area contributed by atoms with Crippen molar-refractivity contribution in [3.63, 3.8) is 0 Å². The molecular weight excluding hydrogens is 316 g/mol. The van der Waals surface area contributed by atoms with Gasteiger partial charge in [0.1, 0.15) is 16.1 Å². The van der Waals surface area contributed by atoms with Crippen molar-refractivity contribution in [2.45, 2.75) is 6.54 Å². The van der Waals surface area contributed by atoms with Gasteiger partial charge in [-0.05, 0) is 18.2 Å². The van der Waals surface area contributed by atoms with Gasteiger partial charge in [0.05, 0.1) is 17.1 Å². The van der Waals surface area contributed by atoms with Gasteiger partial charge in [-0.2, -0.15) is 5.26 Å². The molecule has 0 bridgehead atoms.